The van der Waals surface area contributed by atoms with Gasteiger partial charge in [0.25, 0.3) is 0 Å². The van der Waals surface area contributed by atoms with Crippen molar-refractivity contribution in [2.24, 2.45) is 5.92 Å². The molecule has 2 fully saturated rings. The lowest BCUT2D eigenvalue weighted by atomic mass is 9.96. The minimum atomic E-state index is -4.47. The molecule has 1 aromatic rings. The highest BCUT2D eigenvalue weighted by atomic mass is 35.5. The van der Waals surface area contributed by atoms with Crippen LogP contribution in [0.4, 0.5) is 19.0 Å². The number of halogens is 4. The molecule has 2 aliphatic rings. The summed E-state index contributed by atoms with van der Waals surface area (Å²) in [6.07, 6.45) is 3.56. The average molecular weight is 461 g/mol. The van der Waals surface area contributed by atoms with E-state index in [1.54, 1.807) is 0 Å². The van der Waals surface area contributed by atoms with Crippen LogP contribution < -0.4 is 10.2 Å². The number of hydrogen-bond donors (Lipinski definition) is 1. The van der Waals surface area contributed by atoms with Crippen LogP contribution in [-0.4, -0.2) is 54.6 Å². The number of unbranched alkanes of at least 4 members (excludes halogenated alkanes) is 1. The van der Waals surface area contributed by atoms with Crippen molar-refractivity contribution in [2.75, 3.05) is 37.6 Å². The predicted octanol–water partition coefficient (Wildman–Crippen LogP) is 4.74. The largest absolute Gasteiger partial charge is 0.417 e. The normalized spacial score (nSPS) is 21.3. The zero-order chi connectivity index (χ0) is 22.4. The number of nitrogens with zero attached hydrogens (tertiary/aromatic N) is 3. The number of hydrogen-bond acceptors (Lipinski definition) is 4. The third kappa shape index (κ3) is 6.72. The van der Waals surface area contributed by atoms with Crippen molar-refractivity contribution >= 4 is 23.3 Å². The van der Waals surface area contributed by atoms with Gasteiger partial charge in [-0.05, 0) is 64.6 Å². The van der Waals surface area contributed by atoms with E-state index in [0.29, 0.717) is 44.3 Å². The van der Waals surface area contributed by atoms with E-state index >= 15 is 0 Å². The van der Waals surface area contributed by atoms with E-state index in [1.807, 2.05) is 4.90 Å². The number of rotatable bonds is 7. The maximum absolute atomic E-state index is 12.8. The lowest BCUT2D eigenvalue weighted by Gasteiger charge is -2.33. The average Bonchev–Trinajstić information content (AvgIpc) is 2.74. The summed E-state index contributed by atoms with van der Waals surface area (Å²) < 4.78 is 38.4. The van der Waals surface area contributed by atoms with Gasteiger partial charge in [-0.2, -0.15) is 13.2 Å². The Hall–Kier alpha value is -1.54. The summed E-state index contributed by atoms with van der Waals surface area (Å²) in [6.45, 7) is 6.35. The summed E-state index contributed by atoms with van der Waals surface area (Å²) in [7, 11) is 0. The number of nitrogens with one attached hydrogen (secondary N) is 1. The molecule has 1 amide bonds. The summed E-state index contributed by atoms with van der Waals surface area (Å²) in [4.78, 5) is 20.8. The fourth-order valence-electron chi connectivity index (χ4n) is 4.46. The molecule has 1 unspecified atom stereocenters. The Kier molecular flexibility index (Phi) is 8.44. The molecule has 5 nitrogen and oxygen atoms in total. The predicted molar refractivity (Wildman–Crippen MR) is 116 cm³/mol. The Morgan fingerprint density at radius 1 is 1.19 bits per heavy atom. The van der Waals surface area contributed by atoms with Crippen LogP contribution in [-0.2, 0) is 11.0 Å². The first-order valence-electron chi connectivity index (χ1n) is 11.2. The minimum absolute atomic E-state index is 0.0132. The number of piperidine rings is 2. The van der Waals surface area contributed by atoms with Crippen LogP contribution in [0.15, 0.2) is 12.3 Å². The van der Waals surface area contributed by atoms with Crippen LogP contribution >= 0.6 is 11.6 Å². The maximum atomic E-state index is 12.8. The number of aromatic nitrogens is 1. The summed E-state index contributed by atoms with van der Waals surface area (Å²) >= 11 is 6.04. The van der Waals surface area contributed by atoms with Crippen LogP contribution in [0.5, 0.6) is 0 Å². The van der Waals surface area contributed by atoms with Gasteiger partial charge in [-0.15, -0.1) is 0 Å². The quantitative estimate of drug-likeness (QED) is 0.597. The molecule has 2 saturated heterocycles. The molecule has 1 aromatic heterocycles. The molecule has 0 aliphatic carbocycles. The van der Waals surface area contributed by atoms with Crippen molar-refractivity contribution in [2.45, 2.75) is 64.1 Å². The van der Waals surface area contributed by atoms with E-state index in [-0.39, 0.29) is 16.8 Å². The molecular formula is C22H32ClF3N4O. The van der Waals surface area contributed by atoms with E-state index in [1.165, 1.54) is 25.8 Å². The molecule has 174 valence electrons. The van der Waals surface area contributed by atoms with Gasteiger partial charge in [-0.25, -0.2) is 4.98 Å². The van der Waals surface area contributed by atoms with Crippen LogP contribution in [0, 0.1) is 5.92 Å². The van der Waals surface area contributed by atoms with Crippen molar-refractivity contribution in [3.05, 3.63) is 22.8 Å². The lowest BCUT2D eigenvalue weighted by Crippen LogP contribution is -2.41. The van der Waals surface area contributed by atoms with Crippen molar-refractivity contribution in [1.29, 1.82) is 0 Å². The van der Waals surface area contributed by atoms with Gasteiger partial charge in [0.15, 0.2) is 0 Å². The first-order chi connectivity index (χ1) is 14.8. The monoisotopic (exact) mass is 460 g/mol. The minimum Gasteiger partial charge on any atom is -0.356 e. The second-order valence-electron chi connectivity index (χ2n) is 8.67. The zero-order valence-corrected chi connectivity index (χ0v) is 18.8. The Morgan fingerprint density at radius 2 is 1.94 bits per heavy atom. The van der Waals surface area contributed by atoms with Gasteiger partial charge in [0.05, 0.1) is 10.6 Å². The first kappa shape index (κ1) is 24.1. The fourth-order valence-corrected chi connectivity index (χ4v) is 4.74. The number of amides is 1. The molecule has 3 rings (SSSR count). The third-order valence-corrected chi connectivity index (χ3v) is 6.70. The van der Waals surface area contributed by atoms with E-state index in [9.17, 15) is 18.0 Å². The molecule has 9 heteroatoms. The Balaban J connectivity index is 1.37. The van der Waals surface area contributed by atoms with Crippen molar-refractivity contribution < 1.29 is 18.0 Å². The van der Waals surface area contributed by atoms with E-state index in [2.05, 4.69) is 22.1 Å². The van der Waals surface area contributed by atoms with Crippen LogP contribution in [0.3, 0.4) is 0 Å². The van der Waals surface area contributed by atoms with Crippen LogP contribution in [0.1, 0.15) is 57.4 Å². The van der Waals surface area contributed by atoms with Gasteiger partial charge in [0, 0.05) is 37.8 Å². The zero-order valence-electron chi connectivity index (χ0n) is 18.1. The number of alkyl halides is 3. The Labute approximate surface area is 187 Å². The Bertz CT molecular complexity index is 738. The SMILES string of the molecule is CC1CCCCN1CCCCNC(=O)C1CCN(c2ncc(C(F)(F)F)cc2Cl)CC1. The Morgan fingerprint density at radius 3 is 2.58 bits per heavy atom. The van der Waals surface area contributed by atoms with Crippen molar-refractivity contribution in [3.63, 3.8) is 0 Å². The summed E-state index contributed by atoms with van der Waals surface area (Å²) in [5.41, 5.74) is -0.856. The van der Waals surface area contributed by atoms with Gasteiger partial charge in [0.2, 0.25) is 5.91 Å². The fraction of sp³-hybridized carbons (Fsp3) is 0.727. The van der Waals surface area contributed by atoms with Crippen molar-refractivity contribution in [3.8, 4) is 0 Å². The summed E-state index contributed by atoms with van der Waals surface area (Å²) in [5.74, 6) is 0.338. The molecule has 3 heterocycles. The van der Waals surface area contributed by atoms with Gasteiger partial charge in [-0.1, -0.05) is 18.0 Å². The number of carbonyl (C=O) groups is 1. The van der Waals surface area contributed by atoms with Crippen molar-refractivity contribution in [1.82, 2.24) is 15.2 Å². The standard InChI is InChI=1S/C22H32ClF3N4O/c1-16-6-2-4-10-29(16)11-5-3-9-27-21(31)17-7-12-30(13-8-17)20-19(23)14-18(15-28-20)22(24,25)26/h14-17H,2-13H2,1H3,(H,27,31). The van der Waals surface area contributed by atoms with Crippen LogP contribution in [0.25, 0.3) is 0 Å². The number of anilines is 1. The highest BCUT2D eigenvalue weighted by Gasteiger charge is 2.33. The van der Waals surface area contributed by atoms with E-state index in [4.69, 9.17) is 11.6 Å². The first-order valence-corrected chi connectivity index (χ1v) is 11.6. The number of pyridine rings is 1. The third-order valence-electron chi connectivity index (χ3n) is 6.43. The smallest absolute Gasteiger partial charge is 0.356 e. The van der Waals surface area contributed by atoms with Gasteiger partial charge in [-0.3, -0.25) is 4.79 Å². The number of likely N-dealkylation sites (tertiary alicyclic amines) is 1. The van der Waals surface area contributed by atoms with Gasteiger partial charge < -0.3 is 15.1 Å². The van der Waals surface area contributed by atoms with Crippen LogP contribution in [0.2, 0.25) is 5.02 Å². The second kappa shape index (κ2) is 10.9. The molecular weight excluding hydrogens is 429 g/mol. The highest BCUT2D eigenvalue weighted by Crippen LogP contribution is 2.34. The molecule has 0 radical (unpaired) electrons. The molecule has 1 atom stereocenters. The lowest BCUT2D eigenvalue weighted by molar-refractivity contribution is -0.137. The summed E-state index contributed by atoms with van der Waals surface area (Å²) in [6, 6.07) is 1.58. The molecule has 0 spiro atoms. The molecule has 2 aliphatic heterocycles. The highest BCUT2D eigenvalue weighted by molar-refractivity contribution is 6.33. The van der Waals surface area contributed by atoms with E-state index < -0.39 is 11.7 Å². The molecule has 0 bridgehead atoms. The summed E-state index contributed by atoms with van der Waals surface area (Å²) in [5, 5.41) is 3.04. The second-order valence-corrected chi connectivity index (χ2v) is 9.07. The molecule has 31 heavy (non-hydrogen) atoms. The molecule has 0 saturated carbocycles. The van der Waals surface area contributed by atoms with Gasteiger partial charge >= 0.3 is 6.18 Å². The topological polar surface area (TPSA) is 48.5 Å². The molecule has 0 aromatic carbocycles. The maximum Gasteiger partial charge on any atom is 0.417 e. The van der Waals surface area contributed by atoms with Gasteiger partial charge in [0.1, 0.15) is 5.82 Å². The number of carbonyl (C=O) groups excluding carboxylic acids is 1. The van der Waals surface area contributed by atoms with E-state index in [0.717, 1.165) is 31.6 Å². The molecule has 1 N–H and O–H groups in total.